The van der Waals surface area contributed by atoms with Gasteiger partial charge in [0.25, 0.3) is 0 Å². The number of aromatic nitrogens is 3. The third-order valence-electron chi connectivity index (χ3n) is 3.66. The Morgan fingerprint density at radius 2 is 2.11 bits per heavy atom. The molecule has 2 aromatic heterocycles. The normalized spacial score (nSPS) is 15.6. The smallest absolute Gasteiger partial charge is 0.0774 e. The third-order valence-corrected chi connectivity index (χ3v) is 3.66. The minimum Gasteiger partial charge on any atom is -0.312 e. The third kappa shape index (κ3) is 1.72. The van der Waals surface area contributed by atoms with Gasteiger partial charge in [-0.15, -0.1) is 0 Å². The standard InChI is InChI=1S/C15H14N4/c1-2-6-17-14(3-1)11-4-5-15-12(7-11)8-18-19(15)13-9-16-10-13/h1-8,13,16H,9-10H2. The Hall–Kier alpha value is -2.20. The molecule has 0 saturated carbocycles. The van der Waals surface area contributed by atoms with Crippen LogP contribution >= 0.6 is 0 Å². The molecule has 4 rings (SSSR count). The van der Waals surface area contributed by atoms with Gasteiger partial charge in [0, 0.05) is 30.2 Å². The fourth-order valence-electron chi connectivity index (χ4n) is 2.48. The number of hydrogen-bond acceptors (Lipinski definition) is 3. The fourth-order valence-corrected chi connectivity index (χ4v) is 2.48. The van der Waals surface area contributed by atoms with E-state index < -0.39 is 0 Å². The van der Waals surface area contributed by atoms with Crippen molar-refractivity contribution < 1.29 is 0 Å². The number of nitrogens with zero attached hydrogens (tertiary/aromatic N) is 3. The first kappa shape index (κ1) is 10.7. The van der Waals surface area contributed by atoms with E-state index in [0.29, 0.717) is 6.04 Å². The lowest BCUT2D eigenvalue weighted by Gasteiger charge is -2.27. The van der Waals surface area contributed by atoms with E-state index in [0.717, 1.165) is 24.3 Å². The highest BCUT2D eigenvalue weighted by Crippen LogP contribution is 2.25. The molecular formula is C15H14N4. The van der Waals surface area contributed by atoms with Crippen molar-refractivity contribution in [1.82, 2.24) is 20.1 Å². The molecule has 19 heavy (non-hydrogen) atoms. The molecule has 1 aliphatic rings. The van der Waals surface area contributed by atoms with Crippen molar-refractivity contribution in [3.05, 3.63) is 48.8 Å². The molecule has 1 saturated heterocycles. The lowest BCUT2D eigenvalue weighted by molar-refractivity contribution is 0.326. The number of nitrogens with one attached hydrogen (secondary N) is 1. The van der Waals surface area contributed by atoms with Crippen LogP contribution in [0, 0.1) is 0 Å². The molecule has 3 aromatic rings. The highest BCUT2D eigenvalue weighted by atomic mass is 15.3. The Kier molecular flexibility index (Phi) is 2.35. The van der Waals surface area contributed by atoms with Gasteiger partial charge in [-0.25, -0.2) is 0 Å². The van der Waals surface area contributed by atoms with E-state index in [4.69, 9.17) is 0 Å². The maximum absolute atomic E-state index is 4.51. The summed E-state index contributed by atoms with van der Waals surface area (Å²) in [6, 6.07) is 12.9. The van der Waals surface area contributed by atoms with Crippen LogP contribution in [-0.2, 0) is 0 Å². The lowest BCUT2D eigenvalue weighted by Crippen LogP contribution is -2.43. The average Bonchev–Trinajstić information content (AvgIpc) is 2.81. The van der Waals surface area contributed by atoms with Crippen molar-refractivity contribution >= 4 is 10.9 Å². The van der Waals surface area contributed by atoms with Gasteiger partial charge in [0.2, 0.25) is 0 Å². The minimum absolute atomic E-state index is 0.498. The van der Waals surface area contributed by atoms with Crippen LogP contribution in [0.1, 0.15) is 6.04 Å². The Bertz CT molecular complexity index is 713. The largest absolute Gasteiger partial charge is 0.312 e. The summed E-state index contributed by atoms with van der Waals surface area (Å²) in [5.74, 6) is 0. The Morgan fingerprint density at radius 3 is 2.84 bits per heavy atom. The Labute approximate surface area is 111 Å². The molecule has 0 aliphatic carbocycles. The zero-order valence-corrected chi connectivity index (χ0v) is 10.5. The number of fused-ring (bicyclic) bond motifs is 1. The average molecular weight is 250 g/mol. The first-order valence-electron chi connectivity index (χ1n) is 6.51. The summed E-state index contributed by atoms with van der Waals surface area (Å²) < 4.78 is 2.12. The summed E-state index contributed by atoms with van der Waals surface area (Å²) in [5, 5.41) is 8.96. The van der Waals surface area contributed by atoms with Gasteiger partial charge in [-0.1, -0.05) is 12.1 Å². The highest BCUT2D eigenvalue weighted by Gasteiger charge is 2.21. The van der Waals surface area contributed by atoms with E-state index in [1.165, 1.54) is 10.9 Å². The zero-order valence-electron chi connectivity index (χ0n) is 10.5. The van der Waals surface area contributed by atoms with Crippen LogP contribution in [0.15, 0.2) is 48.8 Å². The molecule has 1 N–H and O–H groups in total. The van der Waals surface area contributed by atoms with Crippen LogP contribution in [-0.4, -0.2) is 27.9 Å². The van der Waals surface area contributed by atoms with Gasteiger partial charge >= 0.3 is 0 Å². The van der Waals surface area contributed by atoms with Gasteiger partial charge in [-0.2, -0.15) is 5.10 Å². The molecule has 0 unspecified atom stereocenters. The predicted octanol–water partition coefficient (Wildman–Crippen LogP) is 2.24. The summed E-state index contributed by atoms with van der Waals surface area (Å²) >= 11 is 0. The van der Waals surface area contributed by atoms with Crippen molar-refractivity contribution in [3.8, 4) is 11.3 Å². The predicted molar refractivity (Wildman–Crippen MR) is 74.9 cm³/mol. The van der Waals surface area contributed by atoms with Crippen LogP contribution in [0.3, 0.4) is 0 Å². The summed E-state index contributed by atoms with van der Waals surface area (Å²) in [6.45, 7) is 2.03. The Balaban J connectivity index is 1.80. The van der Waals surface area contributed by atoms with Crippen molar-refractivity contribution in [2.45, 2.75) is 6.04 Å². The van der Waals surface area contributed by atoms with Gasteiger partial charge in [0.1, 0.15) is 0 Å². The van der Waals surface area contributed by atoms with Crippen molar-refractivity contribution in [1.29, 1.82) is 0 Å². The van der Waals surface area contributed by atoms with Crippen LogP contribution in [0.4, 0.5) is 0 Å². The van der Waals surface area contributed by atoms with E-state index >= 15 is 0 Å². The summed E-state index contributed by atoms with van der Waals surface area (Å²) in [7, 11) is 0. The van der Waals surface area contributed by atoms with Gasteiger partial charge in [-0.05, 0) is 24.3 Å². The Morgan fingerprint density at radius 1 is 1.16 bits per heavy atom. The molecule has 1 fully saturated rings. The van der Waals surface area contributed by atoms with Gasteiger partial charge < -0.3 is 5.32 Å². The monoisotopic (exact) mass is 250 g/mol. The van der Waals surface area contributed by atoms with Crippen LogP contribution in [0.25, 0.3) is 22.2 Å². The molecule has 0 atom stereocenters. The summed E-state index contributed by atoms with van der Waals surface area (Å²) in [4.78, 5) is 4.39. The quantitative estimate of drug-likeness (QED) is 0.758. The maximum Gasteiger partial charge on any atom is 0.0774 e. The molecule has 3 heterocycles. The summed E-state index contributed by atoms with van der Waals surface area (Å²) in [6.07, 6.45) is 3.77. The van der Waals surface area contributed by atoms with E-state index in [9.17, 15) is 0 Å². The van der Waals surface area contributed by atoms with Crippen LogP contribution in [0.5, 0.6) is 0 Å². The lowest BCUT2D eigenvalue weighted by atomic mass is 10.1. The van der Waals surface area contributed by atoms with E-state index in [1.54, 1.807) is 0 Å². The molecular weight excluding hydrogens is 236 g/mol. The molecule has 0 bridgehead atoms. The van der Waals surface area contributed by atoms with Gasteiger partial charge in [-0.3, -0.25) is 9.67 Å². The molecule has 4 heteroatoms. The van der Waals surface area contributed by atoms with E-state index in [1.807, 2.05) is 30.6 Å². The van der Waals surface area contributed by atoms with Crippen molar-refractivity contribution in [3.63, 3.8) is 0 Å². The molecule has 0 spiro atoms. The molecule has 1 aromatic carbocycles. The fraction of sp³-hybridized carbons (Fsp3) is 0.200. The number of rotatable bonds is 2. The second-order valence-corrected chi connectivity index (χ2v) is 4.89. The van der Waals surface area contributed by atoms with Gasteiger partial charge in [0.15, 0.2) is 0 Å². The van der Waals surface area contributed by atoms with Crippen LogP contribution < -0.4 is 5.32 Å². The summed E-state index contributed by atoms with van der Waals surface area (Å²) in [5.41, 5.74) is 3.34. The molecule has 0 radical (unpaired) electrons. The number of benzene rings is 1. The van der Waals surface area contributed by atoms with Crippen molar-refractivity contribution in [2.24, 2.45) is 0 Å². The second kappa shape index (κ2) is 4.17. The zero-order chi connectivity index (χ0) is 12.7. The first-order chi connectivity index (χ1) is 9.42. The number of pyridine rings is 1. The molecule has 1 aliphatic heterocycles. The van der Waals surface area contributed by atoms with E-state index in [2.05, 4.69) is 38.3 Å². The molecule has 94 valence electrons. The SMILES string of the molecule is c1ccc(-c2ccc3c(cnn3C3CNC3)c2)nc1. The molecule has 0 amide bonds. The highest BCUT2D eigenvalue weighted by molar-refractivity contribution is 5.84. The minimum atomic E-state index is 0.498. The molecule has 4 nitrogen and oxygen atoms in total. The van der Waals surface area contributed by atoms with Crippen LogP contribution in [0.2, 0.25) is 0 Å². The first-order valence-corrected chi connectivity index (χ1v) is 6.51. The number of hydrogen-bond donors (Lipinski definition) is 1. The maximum atomic E-state index is 4.51. The van der Waals surface area contributed by atoms with Crippen molar-refractivity contribution in [2.75, 3.05) is 13.1 Å². The second-order valence-electron chi connectivity index (χ2n) is 4.89. The van der Waals surface area contributed by atoms with Gasteiger partial charge in [0.05, 0.1) is 23.4 Å². The topological polar surface area (TPSA) is 42.7 Å². The van der Waals surface area contributed by atoms with E-state index in [-0.39, 0.29) is 0 Å².